The summed E-state index contributed by atoms with van der Waals surface area (Å²) in [4.78, 5) is 6.50. The highest BCUT2D eigenvalue weighted by molar-refractivity contribution is 6.41. The average Bonchev–Trinajstić information content (AvgIpc) is 2.58. The van der Waals surface area contributed by atoms with Crippen molar-refractivity contribution in [2.75, 3.05) is 18.0 Å². The fourth-order valence-corrected chi connectivity index (χ4v) is 2.94. The quantitative estimate of drug-likeness (QED) is 0.783. The second kappa shape index (κ2) is 4.06. The Hall–Kier alpha value is -0.510. The molecule has 0 spiro atoms. The van der Waals surface area contributed by atoms with E-state index in [1.807, 2.05) is 12.3 Å². The molecule has 0 unspecified atom stereocenters. The Morgan fingerprint density at radius 2 is 2.31 bits per heavy atom. The molecule has 2 aliphatic rings. The summed E-state index contributed by atoms with van der Waals surface area (Å²) in [6.45, 7) is 2.16. The lowest BCUT2D eigenvalue weighted by molar-refractivity contribution is 0.449. The number of pyridine rings is 1. The van der Waals surface area contributed by atoms with Gasteiger partial charge >= 0.3 is 0 Å². The van der Waals surface area contributed by atoms with Crippen molar-refractivity contribution in [2.24, 2.45) is 0 Å². The molecule has 0 radical (unpaired) electrons. The highest BCUT2D eigenvalue weighted by Crippen LogP contribution is 2.32. The fraction of sp³-hybridized carbons (Fsp3) is 0.545. The molecule has 86 valence electrons. The molecule has 16 heavy (non-hydrogen) atoms. The topological polar surface area (TPSA) is 28.2 Å². The van der Waals surface area contributed by atoms with Crippen LogP contribution in [0.2, 0.25) is 10.2 Å². The van der Waals surface area contributed by atoms with Crippen molar-refractivity contribution in [1.29, 1.82) is 0 Å². The van der Waals surface area contributed by atoms with E-state index in [1.165, 1.54) is 12.8 Å². The van der Waals surface area contributed by atoms with Gasteiger partial charge < -0.3 is 10.2 Å². The molecule has 2 saturated heterocycles. The Balaban J connectivity index is 1.89. The van der Waals surface area contributed by atoms with Crippen molar-refractivity contribution < 1.29 is 0 Å². The first-order valence-electron chi connectivity index (χ1n) is 5.55. The van der Waals surface area contributed by atoms with Crippen molar-refractivity contribution in [2.45, 2.75) is 24.9 Å². The Morgan fingerprint density at radius 1 is 1.44 bits per heavy atom. The molecule has 2 atom stereocenters. The Labute approximate surface area is 105 Å². The maximum absolute atomic E-state index is 6.00. The number of rotatable bonds is 1. The summed E-state index contributed by atoms with van der Waals surface area (Å²) in [7, 11) is 0. The summed E-state index contributed by atoms with van der Waals surface area (Å²) in [5.74, 6) is 0. The molecular formula is C11H13Cl2N3. The molecule has 1 N–H and O–H groups in total. The minimum Gasteiger partial charge on any atom is -0.366 e. The van der Waals surface area contributed by atoms with E-state index in [-0.39, 0.29) is 0 Å². The van der Waals surface area contributed by atoms with Crippen molar-refractivity contribution >= 4 is 28.9 Å². The lowest BCUT2D eigenvalue weighted by atomic mass is 10.1. The van der Waals surface area contributed by atoms with Gasteiger partial charge in [-0.2, -0.15) is 0 Å². The second-order valence-electron chi connectivity index (χ2n) is 4.45. The highest BCUT2D eigenvalue weighted by Gasteiger charge is 2.35. The molecule has 3 nitrogen and oxygen atoms in total. The van der Waals surface area contributed by atoms with Crippen LogP contribution in [0.15, 0.2) is 12.3 Å². The molecule has 2 aliphatic heterocycles. The van der Waals surface area contributed by atoms with Crippen LogP contribution in [0.4, 0.5) is 5.69 Å². The summed E-state index contributed by atoms with van der Waals surface area (Å²) in [6, 6.07) is 3.16. The minimum absolute atomic E-state index is 0.380. The zero-order valence-corrected chi connectivity index (χ0v) is 10.3. The van der Waals surface area contributed by atoms with Crippen molar-refractivity contribution in [3.8, 4) is 0 Å². The van der Waals surface area contributed by atoms with Crippen LogP contribution in [0, 0.1) is 0 Å². The summed E-state index contributed by atoms with van der Waals surface area (Å²) in [6.07, 6.45) is 4.23. The molecule has 2 fully saturated rings. The van der Waals surface area contributed by atoms with E-state index < -0.39 is 0 Å². The molecule has 5 heteroatoms. The van der Waals surface area contributed by atoms with Gasteiger partial charge in [-0.25, -0.2) is 4.98 Å². The predicted molar refractivity (Wildman–Crippen MR) is 66.4 cm³/mol. The first-order valence-corrected chi connectivity index (χ1v) is 6.30. The minimum atomic E-state index is 0.380. The molecule has 2 bridgehead atoms. The van der Waals surface area contributed by atoms with Gasteiger partial charge in [-0.15, -0.1) is 0 Å². The van der Waals surface area contributed by atoms with Crippen LogP contribution in [0.3, 0.4) is 0 Å². The molecule has 0 amide bonds. The van der Waals surface area contributed by atoms with Gasteiger partial charge in [0.05, 0.1) is 16.9 Å². The van der Waals surface area contributed by atoms with E-state index in [0.717, 1.165) is 18.8 Å². The first kappa shape index (κ1) is 10.6. The number of hydrogen-bond acceptors (Lipinski definition) is 3. The Kier molecular flexibility index (Phi) is 2.70. The third-order valence-electron chi connectivity index (χ3n) is 3.44. The van der Waals surface area contributed by atoms with Gasteiger partial charge in [-0.1, -0.05) is 23.2 Å². The third kappa shape index (κ3) is 1.77. The summed E-state index contributed by atoms with van der Waals surface area (Å²) in [5, 5.41) is 4.43. The Bertz CT molecular complexity index is 410. The lowest BCUT2D eigenvalue weighted by Gasteiger charge is -2.26. The van der Waals surface area contributed by atoms with Gasteiger partial charge in [0.1, 0.15) is 5.15 Å². The number of aromatic nitrogens is 1. The van der Waals surface area contributed by atoms with E-state index in [2.05, 4.69) is 15.2 Å². The predicted octanol–water partition coefficient (Wildman–Crippen LogP) is 2.33. The van der Waals surface area contributed by atoms with Gasteiger partial charge in [0.2, 0.25) is 0 Å². The fourth-order valence-electron chi connectivity index (χ4n) is 2.68. The van der Waals surface area contributed by atoms with Crippen LogP contribution >= 0.6 is 23.2 Å². The smallest absolute Gasteiger partial charge is 0.147 e. The lowest BCUT2D eigenvalue weighted by Crippen LogP contribution is -2.35. The van der Waals surface area contributed by atoms with Crippen LogP contribution in [-0.2, 0) is 0 Å². The monoisotopic (exact) mass is 257 g/mol. The van der Waals surface area contributed by atoms with Crippen molar-refractivity contribution in [1.82, 2.24) is 10.3 Å². The van der Waals surface area contributed by atoms with Crippen LogP contribution in [0.5, 0.6) is 0 Å². The molecule has 1 aromatic rings. The van der Waals surface area contributed by atoms with Crippen LogP contribution < -0.4 is 10.2 Å². The maximum atomic E-state index is 6.00. The molecular weight excluding hydrogens is 245 g/mol. The molecule has 3 heterocycles. The van der Waals surface area contributed by atoms with E-state index in [1.54, 1.807) is 0 Å². The largest absolute Gasteiger partial charge is 0.366 e. The van der Waals surface area contributed by atoms with Crippen LogP contribution in [-0.4, -0.2) is 30.2 Å². The normalized spacial score (nSPS) is 28.5. The molecule has 0 aromatic carbocycles. The third-order valence-corrected chi connectivity index (χ3v) is 4.12. The van der Waals surface area contributed by atoms with Gasteiger partial charge in [0.25, 0.3) is 0 Å². The first-order chi connectivity index (χ1) is 7.74. The molecule has 1 aromatic heterocycles. The number of halogens is 2. The summed E-state index contributed by atoms with van der Waals surface area (Å²) in [5.41, 5.74) is 1.09. The molecule has 0 aliphatic carbocycles. The van der Waals surface area contributed by atoms with Crippen LogP contribution in [0.25, 0.3) is 0 Å². The SMILES string of the molecule is Clc1cc(N2C[C@@H]3C[C@H]2CCN3)cnc1Cl. The zero-order valence-electron chi connectivity index (χ0n) is 8.79. The van der Waals surface area contributed by atoms with E-state index >= 15 is 0 Å². The van der Waals surface area contributed by atoms with E-state index in [9.17, 15) is 0 Å². The van der Waals surface area contributed by atoms with Gasteiger partial charge in [0, 0.05) is 18.6 Å². The maximum Gasteiger partial charge on any atom is 0.147 e. The zero-order chi connectivity index (χ0) is 11.1. The van der Waals surface area contributed by atoms with Crippen molar-refractivity contribution in [3.63, 3.8) is 0 Å². The average molecular weight is 258 g/mol. The second-order valence-corrected chi connectivity index (χ2v) is 5.21. The highest BCUT2D eigenvalue weighted by atomic mass is 35.5. The molecule has 3 rings (SSSR count). The summed E-state index contributed by atoms with van der Waals surface area (Å²) >= 11 is 11.8. The molecule has 0 saturated carbocycles. The van der Waals surface area contributed by atoms with E-state index in [0.29, 0.717) is 22.3 Å². The van der Waals surface area contributed by atoms with Gasteiger partial charge in [-0.05, 0) is 25.5 Å². The summed E-state index contributed by atoms with van der Waals surface area (Å²) < 4.78 is 0. The number of piperidine rings is 1. The van der Waals surface area contributed by atoms with Crippen molar-refractivity contribution in [3.05, 3.63) is 22.4 Å². The number of anilines is 1. The van der Waals surface area contributed by atoms with E-state index in [4.69, 9.17) is 23.2 Å². The number of nitrogens with one attached hydrogen (secondary N) is 1. The van der Waals surface area contributed by atoms with Crippen LogP contribution in [0.1, 0.15) is 12.8 Å². The number of nitrogens with zero attached hydrogens (tertiary/aromatic N) is 2. The number of hydrogen-bond donors (Lipinski definition) is 1. The standard InChI is InChI=1S/C11H13Cl2N3/c12-10-4-9(5-15-11(10)13)16-6-7-3-8(16)1-2-14-7/h4-5,7-8,14H,1-3,6H2/t7-,8+/m0/s1. The van der Waals surface area contributed by atoms with Gasteiger partial charge in [0.15, 0.2) is 0 Å². The number of fused-ring (bicyclic) bond motifs is 2. The van der Waals surface area contributed by atoms with Gasteiger partial charge in [-0.3, -0.25) is 0 Å². The Morgan fingerprint density at radius 3 is 3.06 bits per heavy atom.